The van der Waals surface area contributed by atoms with Crippen molar-refractivity contribution in [1.82, 2.24) is 0 Å². The minimum atomic E-state index is -0.720. The summed E-state index contributed by atoms with van der Waals surface area (Å²) in [6.45, 7) is 3.85. The molecule has 154 valence electrons. The molecule has 6 aliphatic rings. The second kappa shape index (κ2) is 5.94. The number of ether oxygens (including phenoxy) is 2. The summed E-state index contributed by atoms with van der Waals surface area (Å²) < 4.78 is 12.0. The van der Waals surface area contributed by atoms with Crippen LogP contribution in [0.2, 0.25) is 0 Å². The zero-order valence-corrected chi connectivity index (χ0v) is 17.0. The van der Waals surface area contributed by atoms with Gasteiger partial charge in [0.15, 0.2) is 5.79 Å². The van der Waals surface area contributed by atoms with E-state index >= 15 is 0 Å². The third kappa shape index (κ3) is 2.21. The Morgan fingerprint density at radius 1 is 1.14 bits per heavy atom. The molecule has 5 aliphatic carbocycles. The first-order chi connectivity index (χ1) is 13.5. The molecule has 6 unspecified atom stereocenters. The van der Waals surface area contributed by atoms with Gasteiger partial charge in [0, 0.05) is 18.3 Å². The fraction of sp³-hybridized carbons (Fsp3) is 0.833. The fourth-order valence-corrected chi connectivity index (χ4v) is 8.59. The van der Waals surface area contributed by atoms with Crippen molar-refractivity contribution in [3.05, 3.63) is 23.8 Å². The van der Waals surface area contributed by atoms with Crippen LogP contribution in [0.1, 0.15) is 51.9 Å². The number of hydrogen-bond donors (Lipinski definition) is 2. The Bertz CT molecular complexity index is 722. The first kappa shape index (κ1) is 18.1. The Morgan fingerprint density at radius 2 is 1.96 bits per heavy atom. The molecule has 8 atom stereocenters. The number of fused-ring (bicyclic) bond motifs is 7. The van der Waals surface area contributed by atoms with Crippen LogP contribution in [0, 0.1) is 40.9 Å². The summed E-state index contributed by atoms with van der Waals surface area (Å²) in [5.41, 5.74) is 0.841. The van der Waals surface area contributed by atoms with Gasteiger partial charge in [0.2, 0.25) is 0 Å². The zero-order valence-electron chi connectivity index (χ0n) is 17.0. The number of aliphatic hydroxyl groups excluding tert-OH is 1. The fourth-order valence-electron chi connectivity index (χ4n) is 8.59. The normalized spacial score (nSPS) is 53.5. The van der Waals surface area contributed by atoms with Crippen LogP contribution in [0.15, 0.2) is 23.8 Å². The molecule has 4 heteroatoms. The van der Waals surface area contributed by atoms with Crippen molar-refractivity contribution in [1.29, 1.82) is 0 Å². The molecule has 28 heavy (non-hydrogen) atoms. The molecule has 1 aliphatic heterocycles. The number of rotatable bonds is 2. The molecule has 4 nitrogen and oxygen atoms in total. The molecule has 6 rings (SSSR count). The van der Waals surface area contributed by atoms with Crippen LogP contribution in [-0.4, -0.2) is 41.4 Å². The lowest BCUT2D eigenvalue weighted by Gasteiger charge is -2.57. The van der Waals surface area contributed by atoms with E-state index in [4.69, 9.17) is 9.47 Å². The third-order valence-corrected chi connectivity index (χ3v) is 9.77. The Balaban J connectivity index is 1.30. The van der Waals surface area contributed by atoms with Crippen molar-refractivity contribution in [3.8, 4) is 0 Å². The van der Waals surface area contributed by atoms with Gasteiger partial charge in [-0.05, 0) is 67.6 Å². The number of aliphatic hydroxyl groups is 2. The highest BCUT2D eigenvalue weighted by Crippen LogP contribution is 2.76. The lowest BCUT2D eigenvalue weighted by Crippen LogP contribution is -2.54. The zero-order chi connectivity index (χ0) is 19.1. The molecule has 1 saturated heterocycles. The summed E-state index contributed by atoms with van der Waals surface area (Å²) in [7, 11) is 0. The summed E-state index contributed by atoms with van der Waals surface area (Å²) in [4.78, 5) is 0. The molecule has 5 fully saturated rings. The average molecular weight is 387 g/mol. The molecule has 0 bridgehead atoms. The van der Waals surface area contributed by atoms with Crippen molar-refractivity contribution in [2.24, 2.45) is 40.9 Å². The van der Waals surface area contributed by atoms with E-state index in [9.17, 15) is 10.2 Å². The van der Waals surface area contributed by atoms with Crippen molar-refractivity contribution in [2.45, 2.75) is 63.3 Å². The van der Waals surface area contributed by atoms with Crippen LogP contribution < -0.4 is 0 Å². The van der Waals surface area contributed by atoms with Gasteiger partial charge < -0.3 is 19.7 Å². The third-order valence-electron chi connectivity index (χ3n) is 9.77. The predicted octanol–water partition coefficient (Wildman–Crippen LogP) is 3.44. The first-order valence-electron chi connectivity index (χ1n) is 11.5. The topological polar surface area (TPSA) is 58.9 Å². The van der Waals surface area contributed by atoms with Crippen LogP contribution >= 0.6 is 0 Å². The number of hydrogen-bond acceptors (Lipinski definition) is 4. The van der Waals surface area contributed by atoms with Crippen molar-refractivity contribution in [2.75, 3.05) is 19.8 Å². The summed E-state index contributed by atoms with van der Waals surface area (Å²) >= 11 is 0. The van der Waals surface area contributed by atoms with Gasteiger partial charge in [-0.1, -0.05) is 30.7 Å². The Kier molecular flexibility index (Phi) is 3.84. The van der Waals surface area contributed by atoms with Gasteiger partial charge in [0.25, 0.3) is 0 Å². The molecule has 4 saturated carbocycles. The molecule has 0 amide bonds. The van der Waals surface area contributed by atoms with Gasteiger partial charge in [0.1, 0.15) is 0 Å². The summed E-state index contributed by atoms with van der Waals surface area (Å²) in [5.74, 6) is 3.56. The average Bonchev–Trinajstić information content (AvgIpc) is 3.32. The molecule has 1 spiro atoms. The van der Waals surface area contributed by atoms with E-state index in [1.165, 1.54) is 19.3 Å². The molecule has 0 aromatic rings. The molecule has 0 radical (unpaired) electrons. The van der Waals surface area contributed by atoms with Crippen molar-refractivity contribution < 1.29 is 19.7 Å². The second-order valence-corrected chi connectivity index (χ2v) is 10.7. The molecule has 0 aromatic heterocycles. The Morgan fingerprint density at radius 3 is 2.75 bits per heavy atom. The van der Waals surface area contributed by atoms with Crippen molar-refractivity contribution >= 4 is 0 Å². The molecular formula is C24H34O4. The quantitative estimate of drug-likeness (QED) is 0.714. The van der Waals surface area contributed by atoms with E-state index in [-0.39, 0.29) is 17.8 Å². The summed E-state index contributed by atoms with van der Waals surface area (Å²) in [6.07, 6.45) is 14.1. The van der Waals surface area contributed by atoms with Crippen LogP contribution in [-0.2, 0) is 9.47 Å². The lowest BCUT2D eigenvalue weighted by molar-refractivity contribution is -0.178. The lowest BCUT2D eigenvalue weighted by atomic mass is 9.49. The number of allylic oxidation sites excluding steroid dienone is 1. The van der Waals surface area contributed by atoms with Crippen molar-refractivity contribution in [3.63, 3.8) is 0 Å². The van der Waals surface area contributed by atoms with Gasteiger partial charge in [-0.2, -0.15) is 0 Å². The predicted molar refractivity (Wildman–Crippen MR) is 105 cm³/mol. The van der Waals surface area contributed by atoms with E-state index in [1.807, 2.05) is 6.08 Å². The Labute approximate surface area is 168 Å². The van der Waals surface area contributed by atoms with E-state index in [1.54, 1.807) is 11.6 Å². The van der Waals surface area contributed by atoms with Crippen LogP contribution in [0.4, 0.5) is 0 Å². The minimum absolute atomic E-state index is 0.0204. The highest BCUT2D eigenvalue weighted by atomic mass is 16.7. The maximum Gasteiger partial charge on any atom is 0.172 e. The standard InChI is InChI=1S/C24H34O4/c1-22-8-5-17-16-6-9-23(27-11-12-28-23)14-15(16)3-4-18(17)21(22)19-13-20(19)24(22,26)7-2-10-25/h2-3,7,16-21,25-26H,4-6,8-14H2,1H3/b7-2-/t16?,17?,18?,19?,20?,21?,22-,24-/m0/s1. The summed E-state index contributed by atoms with van der Waals surface area (Å²) in [5, 5.41) is 21.0. The van der Waals surface area contributed by atoms with Gasteiger partial charge >= 0.3 is 0 Å². The molecule has 2 N–H and O–H groups in total. The summed E-state index contributed by atoms with van der Waals surface area (Å²) in [6, 6.07) is 0. The molecule has 0 aromatic carbocycles. The highest BCUT2D eigenvalue weighted by molar-refractivity contribution is 5.31. The Hall–Kier alpha value is -0.680. The first-order valence-corrected chi connectivity index (χ1v) is 11.5. The monoisotopic (exact) mass is 386 g/mol. The largest absolute Gasteiger partial charge is 0.392 e. The highest BCUT2D eigenvalue weighted by Gasteiger charge is 2.74. The SMILES string of the molecule is C[C@]12CCC3C4CCC5(CC4=CCC3C1C1CC1[C@@]2(O)/C=C\CO)OCCO5. The maximum absolute atomic E-state index is 11.7. The van der Waals surface area contributed by atoms with E-state index in [2.05, 4.69) is 13.0 Å². The van der Waals surface area contributed by atoms with Crippen LogP contribution in [0.3, 0.4) is 0 Å². The van der Waals surface area contributed by atoms with E-state index in [0.29, 0.717) is 29.6 Å². The van der Waals surface area contributed by atoms with Gasteiger partial charge in [0.05, 0.1) is 25.4 Å². The smallest absolute Gasteiger partial charge is 0.172 e. The minimum Gasteiger partial charge on any atom is -0.392 e. The van der Waals surface area contributed by atoms with E-state index < -0.39 is 5.60 Å². The van der Waals surface area contributed by atoms with Gasteiger partial charge in [-0.15, -0.1) is 0 Å². The van der Waals surface area contributed by atoms with Gasteiger partial charge in [-0.25, -0.2) is 0 Å². The maximum atomic E-state index is 11.7. The molecule has 1 heterocycles. The molecular weight excluding hydrogens is 352 g/mol. The van der Waals surface area contributed by atoms with E-state index in [0.717, 1.165) is 44.8 Å². The second-order valence-electron chi connectivity index (χ2n) is 10.7. The van der Waals surface area contributed by atoms with Crippen LogP contribution in [0.25, 0.3) is 0 Å². The van der Waals surface area contributed by atoms with Crippen LogP contribution in [0.5, 0.6) is 0 Å². The van der Waals surface area contributed by atoms with Gasteiger partial charge in [-0.3, -0.25) is 0 Å².